The van der Waals surface area contributed by atoms with Gasteiger partial charge in [0.1, 0.15) is 0 Å². The van der Waals surface area contributed by atoms with E-state index in [0.717, 1.165) is 25.7 Å². The number of carbonyl (C=O) groups excluding carboxylic acids is 1. The van der Waals surface area contributed by atoms with Gasteiger partial charge in [-0.1, -0.05) is 13.3 Å². The number of carboxylic acid groups (broad SMARTS) is 1. The molecular weight excluding hydrogens is 270 g/mol. The number of nitrogens with zero attached hydrogens (tertiary/aromatic N) is 1. The summed E-state index contributed by atoms with van der Waals surface area (Å²) in [6.45, 7) is 3.14. The summed E-state index contributed by atoms with van der Waals surface area (Å²) in [6.07, 6.45) is 6.19. The second kappa shape index (κ2) is 6.34. The molecule has 1 saturated carbocycles. The van der Waals surface area contributed by atoms with Crippen LogP contribution in [0.1, 0.15) is 58.3 Å². The van der Waals surface area contributed by atoms with Crippen LogP contribution in [-0.2, 0) is 14.3 Å². The lowest BCUT2D eigenvalue weighted by Gasteiger charge is -2.43. The lowest BCUT2D eigenvalue weighted by atomic mass is 9.74. The number of hydrogen-bond acceptors (Lipinski definition) is 3. The molecule has 0 radical (unpaired) electrons. The first kappa shape index (κ1) is 16.3. The van der Waals surface area contributed by atoms with Gasteiger partial charge < -0.3 is 14.7 Å². The van der Waals surface area contributed by atoms with E-state index in [4.69, 9.17) is 4.74 Å². The molecule has 2 rings (SSSR count). The second-order valence-corrected chi connectivity index (χ2v) is 6.63. The standard InChI is InChI=1S/C16H27NO4/c1-3-5-15(14(19)20)8-10-17(11-9-15)13(18)12-16(21-2)6-4-7-16/h3-12H2,1-2H3,(H,19,20). The molecule has 1 N–H and O–H groups in total. The molecule has 1 aliphatic carbocycles. The fraction of sp³-hybridized carbons (Fsp3) is 0.875. The minimum atomic E-state index is -0.705. The topological polar surface area (TPSA) is 66.8 Å². The van der Waals surface area contributed by atoms with Crippen molar-refractivity contribution in [2.24, 2.45) is 5.41 Å². The molecule has 2 aliphatic rings. The summed E-state index contributed by atoms with van der Waals surface area (Å²) >= 11 is 0. The molecule has 21 heavy (non-hydrogen) atoms. The first-order valence-electron chi connectivity index (χ1n) is 8.03. The zero-order chi connectivity index (χ0) is 15.5. The highest BCUT2D eigenvalue weighted by atomic mass is 16.5. The summed E-state index contributed by atoms with van der Waals surface area (Å²) < 4.78 is 5.51. The van der Waals surface area contributed by atoms with E-state index in [2.05, 4.69) is 0 Å². The maximum atomic E-state index is 12.4. The highest BCUT2D eigenvalue weighted by Gasteiger charge is 2.44. The van der Waals surface area contributed by atoms with Crippen molar-refractivity contribution in [2.45, 2.75) is 63.9 Å². The molecular formula is C16H27NO4. The monoisotopic (exact) mass is 297 g/mol. The van der Waals surface area contributed by atoms with E-state index in [0.29, 0.717) is 38.8 Å². The minimum Gasteiger partial charge on any atom is -0.481 e. The maximum absolute atomic E-state index is 12.4. The Kier molecular flexibility index (Phi) is 4.91. The SMILES string of the molecule is CCCC1(C(=O)O)CCN(C(=O)CC2(OC)CCC2)CC1. The molecule has 0 atom stereocenters. The zero-order valence-corrected chi connectivity index (χ0v) is 13.2. The van der Waals surface area contributed by atoms with Crippen molar-refractivity contribution in [3.63, 3.8) is 0 Å². The van der Waals surface area contributed by atoms with E-state index in [-0.39, 0.29) is 11.5 Å². The molecule has 5 nitrogen and oxygen atoms in total. The van der Waals surface area contributed by atoms with E-state index in [9.17, 15) is 14.7 Å². The van der Waals surface area contributed by atoms with Crippen LogP contribution >= 0.6 is 0 Å². The molecule has 5 heteroatoms. The van der Waals surface area contributed by atoms with Gasteiger partial charge in [-0.25, -0.2) is 0 Å². The second-order valence-electron chi connectivity index (χ2n) is 6.63. The summed E-state index contributed by atoms with van der Waals surface area (Å²) in [5.41, 5.74) is -0.872. The molecule has 0 unspecified atom stereocenters. The Hall–Kier alpha value is -1.10. The highest BCUT2D eigenvalue weighted by molar-refractivity contribution is 5.79. The van der Waals surface area contributed by atoms with Crippen molar-refractivity contribution < 1.29 is 19.4 Å². The zero-order valence-electron chi connectivity index (χ0n) is 13.2. The summed E-state index contributed by atoms with van der Waals surface area (Å²) in [5, 5.41) is 9.49. The quantitative estimate of drug-likeness (QED) is 0.817. The molecule has 0 aromatic rings. The first-order chi connectivity index (χ1) is 9.97. The normalized spacial score (nSPS) is 23.4. The van der Waals surface area contributed by atoms with Gasteiger partial charge in [-0.05, 0) is 38.5 Å². The Bertz CT molecular complexity index is 390. The summed E-state index contributed by atoms with van der Waals surface area (Å²) in [6, 6.07) is 0. The molecule has 0 bridgehead atoms. The van der Waals surface area contributed by atoms with Crippen LogP contribution in [0.3, 0.4) is 0 Å². The third-order valence-electron chi connectivity index (χ3n) is 5.43. The van der Waals surface area contributed by atoms with Crippen molar-refractivity contribution in [1.29, 1.82) is 0 Å². The third-order valence-corrected chi connectivity index (χ3v) is 5.43. The lowest BCUT2D eigenvalue weighted by molar-refractivity contribution is -0.157. The van der Waals surface area contributed by atoms with Gasteiger partial charge in [-0.15, -0.1) is 0 Å². The van der Waals surface area contributed by atoms with Crippen molar-refractivity contribution in [3.8, 4) is 0 Å². The number of aliphatic carboxylic acids is 1. The number of rotatable bonds is 6. The molecule has 1 heterocycles. The number of piperidine rings is 1. The molecule has 120 valence electrons. The van der Waals surface area contributed by atoms with Gasteiger partial charge >= 0.3 is 5.97 Å². The number of carboxylic acids is 1. The third kappa shape index (κ3) is 3.23. The van der Waals surface area contributed by atoms with E-state index in [1.54, 1.807) is 7.11 Å². The molecule has 0 aromatic carbocycles. The van der Waals surface area contributed by atoms with Crippen molar-refractivity contribution in [2.75, 3.05) is 20.2 Å². The Morgan fingerprint density at radius 1 is 1.19 bits per heavy atom. The van der Waals surface area contributed by atoms with Crippen molar-refractivity contribution >= 4 is 11.9 Å². The van der Waals surface area contributed by atoms with Crippen molar-refractivity contribution in [3.05, 3.63) is 0 Å². The fourth-order valence-electron chi connectivity index (χ4n) is 3.65. The van der Waals surface area contributed by atoms with E-state index >= 15 is 0 Å². The number of likely N-dealkylation sites (tertiary alicyclic amines) is 1. The van der Waals surface area contributed by atoms with Crippen molar-refractivity contribution in [1.82, 2.24) is 4.90 Å². The van der Waals surface area contributed by atoms with Crippen LogP contribution in [0.4, 0.5) is 0 Å². The van der Waals surface area contributed by atoms with Crippen LogP contribution in [0.15, 0.2) is 0 Å². The molecule has 2 fully saturated rings. The van der Waals surface area contributed by atoms with Crippen LogP contribution in [0.25, 0.3) is 0 Å². The van der Waals surface area contributed by atoms with E-state index in [1.165, 1.54) is 0 Å². The van der Waals surface area contributed by atoms with E-state index < -0.39 is 11.4 Å². The summed E-state index contributed by atoms with van der Waals surface area (Å²) in [4.78, 5) is 25.8. The van der Waals surface area contributed by atoms with Gasteiger partial charge in [0.25, 0.3) is 0 Å². The summed E-state index contributed by atoms with van der Waals surface area (Å²) in [5.74, 6) is -0.587. The predicted molar refractivity (Wildman–Crippen MR) is 79.0 cm³/mol. The van der Waals surface area contributed by atoms with Crippen LogP contribution in [0, 0.1) is 5.41 Å². The van der Waals surface area contributed by atoms with Gasteiger partial charge in [-0.3, -0.25) is 9.59 Å². The van der Waals surface area contributed by atoms with E-state index in [1.807, 2.05) is 11.8 Å². The molecule has 0 aromatic heterocycles. The minimum absolute atomic E-state index is 0.118. The molecule has 1 saturated heterocycles. The largest absolute Gasteiger partial charge is 0.481 e. The molecule has 1 amide bonds. The Morgan fingerprint density at radius 3 is 2.19 bits per heavy atom. The maximum Gasteiger partial charge on any atom is 0.309 e. The highest BCUT2D eigenvalue weighted by Crippen LogP contribution is 2.40. The Labute approximate surface area is 126 Å². The average Bonchev–Trinajstić information content (AvgIpc) is 2.43. The Balaban J connectivity index is 1.91. The van der Waals surface area contributed by atoms with Crippen LogP contribution in [-0.4, -0.2) is 47.7 Å². The lowest BCUT2D eigenvalue weighted by Crippen LogP contribution is -2.50. The van der Waals surface area contributed by atoms with Crippen LogP contribution in [0.5, 0.6) is 0 Å². The predicted octanol–water partition coefficient (Wildman–Crippen LogP) is 2.44. The number of ether oxygens (including phenoxy) is 1. The van der Waals surface area contributed by atoms with Gasteiger partial charge in [-0.2, -0.15) is 0 Å². The van der Waals surface area contributed by atoms with Gasteiger partial charge in [0.15, 0.2) is 0 Å². The van der Waals surface area contributed by atoms with Gasteiger partial charge in [0.2, 0.25) is 5.91 Å². The number of carbonyl (C=O) groups is 2. The van der Waals surface area contributed by atoms with Crippen LogP contribution < -0.4 is 0 Å². The summed E-state index contributed by atoms with van der Waals surface area (Å²) in [7, 11) is 1.68. The molecule has 1 aliphatic heterocycles. The fourth-order valence-corrected chi connectivity index (χ4v) is 3.65. The Morgan fingerprint density at radius 2 is 1.81 bits per heavy atom. The first-order valence-corrected chi connectivity index (χ1v) is 8.03. The molecule has 0 spiro atoms. The van der Waals surface area contributed by atoms with Gasteiger partial charge in [0, 0.05) is 20.2 Å². The smallest absolute Gasteiger partial charge is 0.309 e. The number of methoxy groups -OCH3 is 1. The number of hydrogen-bond donors (Lipinski definition) is 1. The number of amides is 1. The van der Waals surface area contributed by atoms with Crippen LogP contribution in [0.2, 0.25) is 0 Å². The van der Waals surface area contributed by atoms with Gasteiger partial charge in [0.05, 0.1) is 17.4 Å². The average molecular weight is 297 g/mol.